The van der Waals surface area contributed by atoms with Crippen molar-refractivity contribution >= 4 is 12.0 Å². The SMILES string of the molecule is CON(C)C(=O)CO[C@@H]1CCCN(C(=O)OC(C)(C)C)C1. The average molecular weight is 302 g/mol. The van der Waals surface area contributed by atoms with Crippen molar-refractivity contribution in [2.45, 2.75) is 45.3 Å². The molecule has 1 fully saturated rings. The Morgan fingerprint density at radius 2 is 2.00 bits per heavy atom. The molecule has 1 heterocycles. The molecule has 0 bridgehead atoms. The zero-order chi connectivity index (χ0) is 16.0. The third-order valence-corrected chi connectivity index (χ3v) is 3.10. The molecule has 122 valence electrons. The van der Waals surface area contributed by atoms with E-state index in [-0.39, 0.29) is 24.7 Å². The number of likely N-dealkylation sites (tertiary alicyclic amines) is 1. The molecular formula is C14H26N2O5. The fourth-order valence-electron chi connectivity index (χ4n) is 1.95. The van der Waals surface area contributed by atoms with Gasteiger partial charge in [-0.05, 0) is 33.6 Å². The molecule has 1 aliphatic heterocycles. The van der Waals surface area contributed by atoms with Gasteiger partial charge in [0.05, 0.1) is 19.8 Å². The summed E-state index contributed by atoms with van der Waals surface area (Å²) >= 11 is 0. The fourth-order valence-corrected chi connectivity index (χ4v) is 1.95. The molecule has 1 saturated heterocycles. The van der Waals surface area contributed by atoms with Crippen molar-refractivity contribution in [3.05, 3.63) is 0 Å². The highest BCUT2D eigenvalue weighted by molar-refractivity contribution is 5.76. The van der Waals surface area contributed by atoms with Crippen molar-refractivity contribution in [2.24, 2.45) is 0 Å². The Hall–Kier alpha value is -1.34. The highest BCUT2D eigenvalue weighted by atomic mass is 16.7. The minimum atomic E-state index is -0.512. The zero-order valence-corrected chi connectivity index (χ0v) is 13.5. The van der Waals surface area contributed by atoms with Crippen molar-refractivity contribution < 1.29 is 23.9 Å². The number of rotatable bonds is 4. The van der Waals surface area contributed by atoms with Gasteiger partial charge in [-0.15, -0.1) is 0 Å². The van der Waals surface area contributed by atoms with Gasteiger partial charge < -0.3 is 14.4 Å². The van der Waals surface area contributed by atoms with E-state index in [4.69, 9.17) is 14.3 Å². The minimum Gasteiger partial charge on any atom is -0.444 e. The molecule has 0 spiro atoms. The van der Waals surface area contributed by atoms with Gasteiger partial charge in [-0.3, -0.25) is 9.63 Å². The van der Waals surface area contributed by atoms with Gasteiger partial charge in [0, 0.05) is 13.6 Å². The second-order valence-corrected chi connectivity index (χ2v) is 6.08. The Bertz CT molecular complexity index is 367. The Morgan fingerprint density at radius 3 is 2.57 bits per heavy atom. The number of nitrogens with zero attached hydrogens (tertiary/aromatic N) is 2. The first-order chi connectivity index (χ1) is 9.73. The first kappa shape index (κ1) is 17.7. The first-order valence-electron chi connectivity index (χ1n) is 7.13. The molecule has 7 heteroatoms. The highest BCUT2D eigenvalue weighted by Gasteiger charge is 2.28. The van der Waals surface area contributed by atoms with Gasteiger partial charge in [0.1, 0.15) is 12.2 Å². The Morgan fingerprint density at radius 1 is 1.33 bits per heavy atom. The van der Waals surface area contributed by atoms with Crippen LogP contribution < -0.4 is 0 Å². The predicted molar refractivity (Wildman–Crippen MR) is 76.6 cm³/mol. The monoisotopic (exact) mass is 302 g/mol. The van der Waals surface area contributed by atoms with E-state index in [1.54, 1.807) is 4.90 Å². The molecule has 2 amide bonds. The zero-order valence-electron chi connectivity index (χ0n) is 13.5. The van der Waals surface area contributed by atoms with Gasteiger partial charge in [-0.25, -0.2) is 9.86 Å². The maximum Gasteiger partial charge on any atom is 0.410 e. The molecule has 0 aromatic carbocycles. The van der Waals surface area contributed by atoms with Crippen LogP contribution in [0.2, 0.25) is 0 Å². The molecule has 7 nitrogen and oxygen atoms in total. The van der Waals surface area contributed by atoms with Crippen LogP contribution in [0.3, 0.4) is 0 Å². The van der Waals surface area contributed by atoms with E-state index < -0.39 is 5.60 Å². The molecule has 0 aromatic heterocycles. The Labute approximate surface area is 126 Å². The lowest BCUT2D eigenvalue weighted by Gasteiger charge is -2.34. The second kappa shape index (κ2) is 7.61. The summed E-state index contributed by atoms with van der Waals surface area (Å²) in [6.07, 6.45) is 1.17. The summed E-state index contributed by atoms with van der Waals surface area (Å²) in [4.78, 5) is 30.0. The second-order valence-electron chi connectivity index (χ2n) is 6.08. The standard InChI is InChI=1S/C14H26N2O5/c1-14(2,3)21-13(18)16-8-6-7-11(9-16)20-10-12(17)15(4)19-5/h11H,6-10H2,1-5H3/t11-/m1/s1. The largest absolute Gasteiger partial charge is 0.444 e. The summed E-state index contributed by atoms with van der Waals surface area (Å²) in [5.74, 6) is -0.258. The topological polar surface area (TPSA) is 68.3 Å². The van der Waals surface area contributed by atoms with Crippen molar-refractivity contribution in [1.82, 2.24) is 9.96 Å². The number of piperidine rings is 1. The van der Waals surface area contributed by atoms with Gasteiger partial charge in [0.2, 0.25) is 0 Å². The maximum absolute atomic E-state index is 12.0. The molecule has 0 radical (unpaired) electrons. The van der Waals surface area contributed by atoms with Crippen molar-refractivity contribution in [3.8, 4) is 0 Å². The van der Waals surface area contributed by atoms with E-state index in [2.05, 4.69) is 0 Å². The smallest absolute Gasteiger partial charge is 0.410 e. The van der Waals surface area contributed by atoms with Gasteiger partial charge in [0.15, 0.2) is 0 Å². The third kappa shape index (κ3) is 6.31. The molecule has 0 unspecified atom stereocenters. The van der Waals surface area contributed by atoms with Crippen molar-refractivity contribution in [1.29, 1.82) is 0 Å². The molecular weight excluding hydrogens is 276 g/mol. The van der Waals surface area contributed by atoms with Crippen molar-refractivity contribution in [2.75, 3.05) is 33.9 Å². The van der Waals surface area contributed by atoms with Crippen LogP contribution in [0, 0.1) is 0 Å². The van der Waals surface area contributed by atoms with E-state index in [1.807, 2.05) is 20.8 Å². The number of carbonyl (C=O) groups is 2. The van der Waals surface area contributed by atoms with Gasteiger partial charge in [-0.1, -0.05) is 0 Å². The number of ether oxygens (including phenoxy) is 2. The summed E-state index contributed by atoms with van der Waals surface area (Å²) in [5, 5.41) is 1.12. The molecule has 0 aliphatic carbocycles. The van der Waals surface area contributed by atoms with Gasteiger partial charge in [-0.2, -0.15) is 0 Å². The first-order valence-corrected chi connectivity index (χ1v) is 7.13. The van der Waals surface area contributed by atoms with E-state index in [0.29, 0.717) is 13.1 Å². The maximum atomic E-state index is 12.0. The third-order valence-electron chi connectivity index (χ3n) is 3.10. The normalized spacial score (nSPS) is 19.3. The van der Waals surface area contributed by atoms with Crippen LogP contribution in [0.5, 0.6) is 0 Å². The predicted octanol–water partition coefficient (Wildman–Crippen LogP) is 1.42. The van der Waals surface area contributed by atoms with E-state index in [0.717, 1.165) is 17.9 Å². The van der Waals surface area contributed by atoms with Gasteiger partial charge >= 0.3 is 6.09 Å². The lowest BCUT2D eigenvalue weighted by molar-refractivity contribution is -0.175. The van der Waals surface area contributed by atoms with Crippen LogP contribution in [0.1, 0.15) is 33.6 Å². The Balaban J connectivity index is 2.42. The summed E-state index contributed by atoms with van der Waals surface area (Å²) in [5.41, 5.74) is -0.512. The minimum absolute atomic E-state index is 0.0584. The Kier molecular flexibility index (Phi) is 6.42. The number of hydroxylamine groups is 2. The van der Waals surface area contributed by atoms with E-state index in [1.165, 1.54) is 14.2 Å². The molecule has 1 aliphatic rings. The summed E-state index contributed by atoms with van der Waals surface area (Å²) in [7, 11) is 2.95. The average Bonchev–Trinajstić information content (AvgIpc) is 2.42. The van der Waals surface area contributed by atoms with Crippen LogP contribution in [-0.2, 0) is 19.1 Å². The summed E-state index contributed by atoms with van der Waals surface area (Å²) < 4.78 is 10.9. The van der Waals surface area contributed by atoms with Crippen LogP contribution in [-0.4, -0.2) is 67.5 Å². The molecule has 0 N–H and O–H groups in total. The van der Waals surface area contributed by atoms with E-state index >= 15 is 0 Å². The van der Waals surface area contributed by atoms with Crippen molar-refractivity contribution in [3.63, 3.8) is 0 Å². The number of likely N-dealkylation sites (N-methyl/N-ethyl adjacent to an activating group) is 1. The van der Waals surface area contributed by atoms with E-state index in [9.17, 15) is 9.59 Å². The van der Waals surface area contributed by atoms with Gasteiger partial charge in [0.25, 0.3) is 5.91 Å². The molecule has 1 rings (SSSR count). The van der Waals surface area contributed by atoms with Crippen LogP contribution in [0.15, 0.2) is 0 Å². The summed E-state index contributed by atoms with van der Waals surface area (Å²) in [6.45, 7) is 6.54. The lowest BCUT2D eigenvalue weighted by atomic mass is 10.1. The molecule has 0 saturated carbocycles. The lowest BCUT2D eigenvalue weighted by Crippen LogP contribution is -2.46. The molecule has 21 heavy (non-hydrogen) atoms. The number of amides is 2. The highest BCUT2D eigenvalue weighted by Crippen LogP contribution is 2.17. The quantitative estimate of drug-likeness (QED) is 0.735. The summed E-state index contributed by atoms with van der Waals surface area (Å²) in [6, 6.07) is 0. The number of carbonyl (C=O) groups excluding carboxylic acids is 2. The fraction of sp³-hybridized carbons (Fsp3) is 0.857. The van der Waals surface area contributed by atoms with Crippen LogP contribution >= 0.6 is 0 Å². The number of hydrogen-bond acceptors (Lipinski definition) is 5. The molecule has 0 aromatic rings. The van der Waals surface area contributed by atoms with Crippen LogP contribution in [0.4, 0.5) is 4.79 Å². The molecule has 1 atom stereocenters. The number of hydrogen-bond donors (Lipinski definition) is 0. The van der Waals surface area contributed by atoms with Crippen LogP contribution in [0.25, 0.3) is 0 Å².